The zero-order valence-corrected chi connectivity index (χ0v) is 19.8. The Morgan fingerprint density at radius 3 is 2.73 bits per heavy atom. The zero-order valence-electron chi connectivity index (χ0n) is 19.1. The molecule has 33 heavy (non-hydrogen) atoms. The minimum atomic E-state index is -0.444. The lowest BCUT2D eigenvalue weighted by atomic mass is 10.0. The Balaban J connectivity index is 1.83. The molecular formula is C23H26ClN5O4. The lowest BCUT2D eigenvalue weighted by Crippen LogP contribution is -2.26. The molecule has 0 atom stereocenters. The van der Waals surface area contributed by atoms with Crippen molar-refractivity contribution in [3.8, 4) is 28.4 Å². The molecule has 0 radical (unpaired) electrons. The standard InChI is InChI=1S/C23H26ClN5O4/c1-13-20(19-14(2)28-33-15(19)3)26-21(27-22(13)29-9-11-32-23(29)30)17-12-16(6-7-18(17)24)31-10-5-8-25-4/h6-7,12,25H,5,8-11H2,1-4H3. The number of aryl methyl sites for hydroxylation is 2. The molecule has 1 aromatic carbocycles. The molecule has 1 fully saturated rings. The average molecular weight is 472 g/mol. The second kappa shape index (κ2) is 9.76. The van der Waals surface area contributed by atoms with Gasteiger partial charge in [0.2, 0.25) is 0 Å². The van der Waals surface area contributed by atoms with Gasteiger partial charge in [0.05, 0.1) is 35.1 Å². The van der Waals surface area contributed by atoms with Crippen LogP contribution in [0.15, 0.2) is 22.7 Å². The summed E-state index contributed by atoms with van der Waals surface area (Å²) in [5.41, 5.74) is 3.41. The van der Waals surface area contributed by atoms with Gasteiger partial charge in [0.1, 0.15) is 23.9 Å². The van der Waals surface area contributed by atoms with Crippen LogP contribution >= 0.6 is 11.6 Å². The number of rotatable bonds is 8. The molecule has 9 nitrogen and oxygen atoms in total. The second-order valence-corrected chi connectivity index (χ2v) is 8.16. The number of aromatic nitrogens is 3. The molecule has 0 aliphatic carbocycles. The Hall–Kier alpha value is -3.17. The number of carbonyl (C=O) groups excluding carboxylic acids is 1. The van der Waals surface area contributed by atoms with Crippen molar-refractivity contribution in [2.75, 3.05) is 38.3 Å². The maximum atomic E-state index is 12.4. The van der Waals surface area contributed by atoms with Crippen LogP contribution in [0.1, 0.15) is 23.4 Å². The van der Waals surface area contributed by atoms with Crippen LogP contribution in [0.2, 0.25) is 5.02 Å². The van der Waals surface area contributed by atoms with E-state index < -0.39 is 6.09 Å². The molecule has 0 spiro atoms. The van der Waals surface area contributed by atoms with Crippen molar-refractivity contribution in [3.63, 3.8) is 0 Å². The molecule has 0 saturated carbocycles. The first-order valence-electron chi connectivity index (χ1n) is 10.7. The summed E-state index contributed by atoms with van der Waals surface area (Å²) < 4.78 is 16.4. The first-order chi connectivity index (χ1) is 15.9. The normalized spacial score (nSPS) is 13.5. The molecule has 3 heterocycles. The Morgan fingerprint density at radius 2 is 2.06 bits per heavy atom. The predicted molar refractivity (Wildman–Crippen MR) is 125 cm³/mol. The van der Waals surface area contributed by atoms with Crippen LogP contribution in [0.4, 0.5) is 10.6 Å². The number of cyclic esters (lactones) is 1. The fraction of sp³-hybridized carbons (Fsp3) is 0.391. The van der Waals surface area contributed by atoms with E-state index in [1.807, 2.05) is 40.0 Å². The van der Waals surface area contributed by atoms with Gasteiger partial charge in [-0.3, -0.25) is 4.90 Å². The molecule has 0 bridgehead atoms. The van der Waals surface area contributed by atoms with Crippen LogP contribution in [0, 0.1) is 20.8 Å². The SMILES string of the molecule is CNCCCOc1ccc(Cl)c(-c2nc(-c3c(C)noc3C)c(C)c(N3CCOC3=O)n2)c1. The number of halogens is 1. The molecule has 2 aromatic heterocycles. The van der Waals surface area contributed by atoms with E-state index in [0.29, 0.717) is 64.9 Å². The van der Waals surface area contributed by atoms with Gasteiger partial charge in [0.15, 0.2) is 5.82 Å². The quantitative estimate of drug-likeness (QED) is 0.484. The van der Waals surface area contributed by atoms with Crippen molar-refractivity contribution < 1.29 is 18.8 Å². The summed E-state index contributed by atoms with van der Waals surface area (Å²) in [4.78, 5) is 23.4. The summed E-state index contributed by atoms with van der Waals surface area (Å²) in [6.45, 7) is 7.67. The van der Waals surface area contributed by atoms with Crippen molar-refractivity contribution in [2.45, 2.75) is 27.2 Å². The van der Waals surface area contributed by atoms with E-state index in [-0.39, 0.29) is 0 Å². The van der Waals surface area contributed by atoms with Crippen LogP contribution in [-0.2, 0) is 4.74 Å². The van der Waals surface area contributed by atoms with Gasteiger partial charge in [-0.15, -0.1) is 0 Å². The zero-order chi connectivity index (χ0) is 23.5. The number of nitrogens with zero attached hydrogens (tertiary/aromatic N) is 4. The van der Waals surface area contributed by atoms with Crippen molar-refractivity contribution >= 4 is 23.5 Å². The minimum absolute atomic E-state index is 0.301. The summed E-state index contributed by atoms with van der Waals surface area (Å²) in [5.74, 6) is 2.13. The first kappa shape index (κ1) is 23.0. The van der Waals surface area contributed by atoms with Crippen LogP contribution in [0.5, 0.6) is 5.75 Å². The number of hydrogen-bond acceptors (Lipinski definition) is 8. The Kier molecular flexibility index (Phi) is 6.80. The summed E-state index contributed by atoms with van der Waals surface area (Å²) >= 11 is 6.55. The largest absolute Gasteiger partial charge is 0.494 e. The maximum absolute atomic E-state index is 12.4. The predicted octanol–water partition coefficient (Wildman–Crippen LogP) is 4.32. The summed E-state index contributed by atoms with van der Waals surface area (Å²) in [7, 11) is 1.90. The van der Waals surface area contributed by atoms with Gasteiger partial charge in [0, 0.05) is 11.1 Å². The Labute approximate surface area is 197 Å². The fourth-order valence-electron chi connectivity index (χ4n) is 3.74. The van der Waals surface area contributed by atoms with Crippen LogP contribution < -0.4 is 15.0 Å². The van der Waals surface area contributed by atoms with E-state index in [0.717, 1.165) is 24.1 Å². The molecule has 174 valence electrons. The molecule has 1 amide bonds. The van der Waals surface area contributed by atoms with Crippen LogP contribution in [0.25, 0.3) is 22.6 Å². The van der Waals surface area contributed by atoms with Crippen LogP contribution in [0.3, 0.4) is 0 Å². The average Bonchev–Trinajstić information content (AvgIpc) is 3.37. The molecular weight excluding hydrogens is 446 g/mol. The molecule has 1 aliphatic heterocycles. The molecule has 3 aromatic rings. The van der Waals surface area contributed by atoms with E-state index in [2.05, 4.69) is 10.5 Å². The third-order valence-electron chi connectivity index (χ3n) is 5.43. The summed E-state index contributed by atoms with van der Waals surface area (Å²) in [6.07, 6.45) is 0.424. The smallest absolute Gasteiger partial charge is 0.415 e. The molecule has 1 N–H and O–H groups in total. The number of carbonyl (C=O) groups is 1. The highest BCUT2D eigenvalue weighted by molar-refractivity contribution is 6.33. The van der Waals surface area contributed by atoms with E-state index in [4.69, 9.17) is 35.6 Å². The van der Waals surface area contributed by atoms with Gasteiger partial charge in [-0.05, 0) is 59.0 Å². The first-order valence-corrected chi connectivity index (χ1v) is 11.1. The molecule has 4 rings (SSSR count). The monoisotopic (exact) mass is 471 g/mol. The number of anilines is 1. The van der Waals surface area contributed by atoms with Gasteiger partial charge in [-0.1, -0.05) is 16.8 Å². The van der Waals surface area contributed by atoms with E-state index >= 15 is 0 Å². The maximum Gasteiger partial charge on any atom is 0.415 e. The second-order valence-electron chi connectivity index (χ2n) is 7.76. The Bertz CT molecular complexity index is 1160. The van der Waals surface area contributed by atoms with Crippen molar-refractivity contribution in [3.05, 3.63) is 40.2 Å². The van der Waals surface area contributed by atoms with Gasteiger partial charge in [-0.25, -0.2) is 14.8 Å². The van der Waals surface area contributed by atoms with Crippen molar-refractivity contribution in [2.24, 2.45) is 0 Å². The minimum Gasteiger partial charge on any atom is -0.494 e. The van der Waals surface area contributed by atoms with E-state index in [1.165, 1.54) is 4.90 Å². The molecule has 1 aliphatic rings. The number of hydrogen-bond donors (Lipinski definition) is 1. The van der Waals surface area contributed by atoms with Gasteiger partial charge in [-0.2, -0.15) is 0 Å². The summed E-state index contributed by atoms with van der Waals surface area (Å²) in [5, 5.41) is 7.63. The highest BCUT2D eigenvalue weighted by Crippen LogP contribution is 2.37. The van der Waals surface area contributed by atoms with Gasteiger partial charge >= 0.3 is 6.09 Å². The topological polar surface area (TPSA) is 103 Å². The third-order valence-corrected chi connectivity index (χ3v) is 5.75. The lowest BCUT2D eigenvalue weighted by Gasteiger charge is -2.18. The molecule has 0 unspecified atom stereocenters. The number of ether oxygens (including phenoxy) is 2. The van der Waals surface area contributed by atoms with E-state index in [1.54, 1.807) is 6.07 Å². The van der Waals surface area contributed by atoms with Gasteiger partial charge < -0.3 is 19.3 Å². The number of nitrogens with one attached hydrogen (secondary N) is 1. The van der Waals surface area contributed by atoms with Gasteiger partial charge in [0.25, 0.3) is 0 Å². The number of benzene rings is 1. The van der Waals surface area contributed by atoms with Crippen molar-refractivity contribution in [1.29, 1.82) is 0 Å². The Morgan fingerprint density at radius 1 is 1.24 bits per heavy atom. The summed E-state index contributed by atoms with van der Waals surface area (Å²) in [6, 6.07) is 5.38. The molecule has 10 heteroatoms. The van der Waals surface area contributed by atoms with Crippen LogP contribution in [-0.4, -0.2) is 54.6 Å². The molecule has 1 saturated heterocycles. The lowest BCUT2D eigenvalue weighted by molar-refractivity contribution is 0.181. The van der Waals surface area contributed by atoms with E-state index in [9.17, 15) is 4.79 Å². The number of amides is 1. The third kappa shape index (κ3) is 4.65. The fourth-order valence-corrected chi connectivity index (χ4v) is 3.94. The van der Waals surface area contributed by atoms with Crippen molar-refractivity contribution in [1.82, 2.24) is 20.4 Å². The highest BCUT2D eigenvalue weighted by Gasteiger charge is 2.30. The highest BCUT2D eigenvalue weighted by atomic mass is 35.5.